The van der Waals surface area contributed by atoms with Crippen molar-refractivity contribution in [2.24, 2.45) is 0 Å². The van der Waals surface area contributed by atoms with Gasteiger partial charge in [0.25, 0.3) is 0 Å². The zero-order chi connectivity index (χ0) is 15.0. The summed E-state index contributed by atoms with van der Waals surface area (Å²) in [5, 5.41) is 11.3. The van der Waals surface area contributed by atoms with E-state index in [1.54, 1.807) is 6.92 Å². The van der Waals surface area contributed by atoms with Crippen molar-refractivity contribution in [2.45, 2.75) is 32.1 Å². The van der Waals surface area contributed by atoms with Crippen LogP contribution in [0.25, 0.3) is 0 Å². The highest BCUT2D eigenvalue weighted by atomic mass is 16.5. The molecule has 1 rings (SSSR count). The Kier molecular flexibility index (Phi) is 6.52. The number of nitrogens with one attached hydrogen (secondary N) is 1. The summed E-state index contributed by atoms with van der Waals surface area (Å²) in [4.78, 5) is 22.4. The Hall–Kier alpha value is -2.08. The molecule has 0 fully saturated rings. The number of benzene rings is 1. The molecule has 0 aromatic heterocycles. The fraction of sp³-hybridized carbons (Fsp3) is 0.429. The van der Waals surface area contributed by atoms with Crippen molar-refractivity contribution in [1.29, 1.82) is 0 Å². The molecule has 1 amide bonds. The lowest BCUT2D eigenvalue weighted by atomic mass is 10.1. The number of hydrogen-bond acceptors (Lipinski definition) is 4. The number of amides is 1. The molecule has 2 N–H and O–H groups in total. The van der Waals surface area contributed by atoms with Gasteiger partial charge in [-0.25, -0.2) is 4.79 Å². The molecule has 110 valence electrons. The highest BCUT2D eigenvalue weighted by Gasteiger charge is 2.22. The Morgan fingerprint density at radius 2 is 1.95 bits per heavy atom. The maximum absolute atomic E-state index is 11.6. The van der Waals surface area contributed by atoms with E-state index < -0.39 is 24.2 Å². The maximum Gasteiger partial charge on any atom is 0.407 e. The fourth-order valence-electron chi connectivity index (χ4n) is 1.60. The molecule has 0 bridgehead atoms. The third-order valence-corrected chi connectivity index (χ3v) is 2.85. The topological polar surface area (TPSA) is 84.9 Å². The van der Waals surface area contributed by atoms with Crippen molar-refractivity contribution in [3.05, 3.63) is 35.9 Å². The van der Waals surface area contributed by atoms with E-state index in [0.29, 0.717) is 0 Å². The maximum atomic E-state index is 11.6. The molecule has 20 heavy (non-hydrogen) atoms. The minimum absolute atomic E-state index is 0.133. The first kappa shape index (κ1) is 16.0. The van der Waals surface area contributed by atoms with E-state index in [9.17, 15) is 9.59 Å². The minimum Gasteiger partial charge on any atom is -0.481 e. The van der Waals surface area contributed by atoms with Crippen LogP contribution in [-0.4, -0.2) is 36.4 Å². The van der Waals surface area contributed by atoms with Gasteiger partial charge in [-0.05, 0) is 12.5 Å². The summed E-state index contributed by atoms with van der Waals surface area (Å²) in [6.45, 7) is 1.82. The third-order valence-electron chi connectivity index (χ3n) is 2.85. The van der Waals surface area contributed by atoms with Crippen molar-refractivity contribution >= 4 is 12.1 Å². The Morgan fingerprint density at radius 3 is 2.50 bits per heavy atom. The van der Waals surface area contributed by atoms with Crippen LogP contribution in [0.5, 0.6) is 0 Å². The second-order valence-corrected chi connectivity index (χ2v) is 4.35. The Bertz CT molecular complexity index is 434. The second-order valence-electron chi connectivity index (χ2n) is 4.35. The highest BCUT2D eigenvalue weighted by molar-refractivity contribution is 5.71. The van der Waals surface area contributed by atoms with Gasteiger partial charge in [0.1, 0.15) is 6.61 Å². The predicted molar refractivity (Wildman–Crippen MR) is 72.3 cm³/mol. The molecule has 0 heterocycles. The normalized spacial score (nSPS) is 13.3. The number of carboxylic acids is 1. The van der Waals surface area contributed by atoms with E-state index in [1.807, 2.05) is 30.3 Å². The highest BCUT2D eigenvalue weighted by Crippen LogP contribution is 2.05. The Morgan fingerprint density at radius 1 is 1.30 bits per heavy atom. The van der Waals surface area contributed by atoms with Crippen molar-refractivity contribution in [2.75, 3.05) is 7.11 Å². The van der Waals surface area contributed by atoms with E-state index in [2.05, 4.69) is 5.32 Å². The fourth-order valence-corrected chi connectivity index (χ4v) is 1.60. The Labute approximate surface area is 117 Å². The van der Waals surface area contributed by atoms with Gasteiger partial charge in [-0.3, -0.25) is 4.79 Å². The summed E-state index contributed by atoms with van der Waals surface area (Å²) < 4.78 is 10.1. The minimum atomic E-state index is -1.01. The van der Waals surface area contributed by atoms with Crippen LogP contribution in [0.3, 0.4) is 0 Å². The number of rotatable bonds is 7. The number of carboxylic acid groups (broad SMARTS) is 1. The van der Waals surface area contributed by atoms with Crippen molar-refractivity contribution in [1.82, 2.24) is 5.32 Å². The zero-order valence-corrected chi connectivity index (χ0v) is 11.5. The summed E-state index contributed by atoms with van der Waals surface area (Å²) in [5.74, 6) is -1.01. The summed E-state index contributed by atoms with van der Waals surface area (Å²) in [6.07, 6.45) is -1.31. The molecule has 0 saturated heterocycles. The first-order valence-electron chi connectivity index (χ1n) is 6.24. The molecule has 0 saturated carbocycles. The summed E-state index contributed by atoms with van der Waals surface area (Å²) in [7, 11) is 1.45. The van der Waals surface area contributed by atoms with Crippen molar-refractivity contribution in [3.8, 4) is 0 Å². The van der Waals surface area contributed by atoms with Crippen LogP contribution in [0.15, 0.2) is 30.3 Å². The lowest BCUT2D eigenvalue weighted by molar-refractivity contribution is -0.138. The summed E-state index contributed by atoms with van der Waals surface area (Å²) in [6, 6.07) is 8.58. The number of alkyl carbamates (subject to hydrolysis) is 1. The van der Waals surface area contributed by atoms with E-state index in [1.165, 1.54) is 7.11 Å². The number of methoxy groups -OCH3 is 1. The monoisotopic (exact) mass is 281 g/mol. The van der Waals surface area contributed by atoms with Gasteiger partial charge in [-0.2, -0.15) is 0 Å². The van der Waals surface area contributed by atoms with Crippen LogP contribution in [0.2, 0.25) is 0 Å². The molecule has 0 aliphatic heterocycles. The van der Waals surface area contributed by atoms with Crippen molar-refractivity contribution < 1.29 is 24.2 Å². The average molecular weight is 281 g/mol. The molecule has 0 radical (unpaired) electrons. The summed E-state index contributed by atoms with van der Waals surface area (Å²) >= 11 is 0. The SMILES string of the molecule is COC(C)C(CC(=O)O)NC(=O)OCc1ccccc1. The molecule has 6 heteroatoms. The van der Waals surface area contributed by atoms with Gasteiger partial charge >= 0.3 is 12.1 Å². The number of hydrogen-bond donors (Lipinski definition) is 2. The van der Waals surface area contributed by atoms with E-state index in [4.69, 9.17) is 14.6 Å². The largest absolute Gasteiger partial charge is 0.481 e. The first-order valence-corrected chi connectivity index (χ1v) is 6.24. The number of carbonyl (C=O) groups is 2. The van der Waals surface area contributed by atoms with E-state index in [0.717, 1.165) is 5.56 Å². The predicted octanol–water partition coefficient (Wildman–Crippen LogP) is 1.79. The number of aliphatic carboxylic acids is 1. The molecule has 0 aliphatic rings. The quantitative estimate of drug-likeness (QED) is 0.796. The van der Waals surface area contributed by atoms with Crippen molar-refractivity contribution in [3.63, 3.8) is 0 Å². The standard InChI is InChI=1S/C14H19NO5/c1-10(19-2)12(8-13(16)17)15-14(18)20-9-11-6-4-3-5-7-11/h3-7,10,12H,8-9H2,1-2H3,(H,15,18)(H,16,17). The third kappa shape index (κ3) is 5.71. The van der Waals surface area contributed by atoms with Gasteiger partial charge < -0.3 is 19.9 Å². The second kappa shape index (κ2) is 8.16. The van der Waals surface area contributed by atoms with Gasteiger partial charge in [-0.1, -0.05) is 30.3 Å². The Balaban J connectivity index is 2.47. The lowest BCUT2D eigenvalue weighted by Gasteiger charge is -2.22. The van der Waals surface area contributed by atoms with Crippen LogP contribution in [0.4, 0.5) is 4.79 Å². The first-order chi connectivity index (χ1) is 9.52. The lowest BCUT2D eigenvalue weighted by Crippen LogP contribution is -2.44. The van der Waals surface area contributed by atoms with Crippen LogP contribution in [-0.2, 0) is 20.9 Å². The van der Waals surface area contributed by atoms with Gasteiger partial charge in [0.2, 0.25) is 0 Å². The van der Waals surface area contributed by atoms with Gasteiger partial charge in [0.05, 0.1) is 18.6 Å². The van der Waals surface area contributed by atoms with Crippen LogP contribution in [0, 0.1) is 0 Å². The van der Waals surface area contributed by atoms with E-state index >= 15 is 0 Å². The molecular formula is C14H19NO5. The van der Waals surface area contributed by atoms with Crippen LogP contribution >= 0.6 is 0 Å². The summed E-state index contributed by atoms with van der Waals surface area (Å²) in [5.41, 5.74) is 0.859. The molecule has 0 spiro atoms. The molecule has 6 nitrogen and oxygen atoms in total. The van der Waals surface area contributed by atoms with E-state index in [-0.39, 0.29) is 13.0 Å². The molecular weight excluding hydrogens is 262 g/mol. The average Bonchev–Trinajstić information content (AvgIpc) is 2.44. The zero-order valence-electron chi connectivity index (χ0n) is 11.5. The molecule has 2 unspecified atom stereocenters. The molecule has 2 atom stereocenters. The van der Waals surface area contributed by atoms with Gasteiger partial charge in [0.15, 0.2) is 0 Å². The van der Waals surface area contributed by atoms with Gasteiger partial charge in [0, 0.05) is 7.11 Å². The molecule has 1 aromatic carbocycles. The molecule has 0 aliphatic carbocycles. The van der Waals surface area contributed by atoms with Crippen LogP contribution in [0.1, 0.15) is 18.9 Å². The van der Waals surface area contributed by atoms with Crippen LogP contribution < -0.4 is 5.32 Å². The smallest absolute Gasteiger partial charge is 0.407 e. The number of ether oxygens (including phenoxy) is 2. The number of carbonyl (C=O) groups excluding carboxylic acids is 1. The van der Waals surface area contributed by atoms with Gasteiger partial charge in [-0.15, -0.1) is 0 Å². The molecule has 1 aromatic rings.